The number of fused-ring (bicyclic) bond motifs is 15. The van der Waals surface area contributed by atoms with Gasteiger partial charge in [-0.25, -0.2) is 0 Å². The van der Waals surface area contributed by atoms with E-state index in [1.165, 1.54) is 192 Å². The minimum absolute atomic E-state index is 0.269. The molecule has 0 bridgehead atoms. The normalized spacial score (nSPS) is 13.0. The third-order valence-corrected chi connectivity index (χ3v) is 20.0. The molecule has 408 valence electrons. The number of hydrogen-bond donors (Lipinski definition) is 0. The minimum Gasteiger partial charge on any atom is -0.308 e. The summed E-state index contributed by atoms with van der Waals surface area (Å²) in [4.78, 5) is 0. The molecule has 88 heavy (non-hydrogen) atoms. The molecule has 0 unspecified atom stereocenters. The molecule has 0 fully saturated rings. The van der Waals surface area contributed by atoms with Crippen molar-refractivity contribution in [2.24, 2.45) is 0 Å². The van der Waals surface area contributed by atoms with Crippen molar-refractivity contribution in [1.82, 2.24) is 4.40 Å². The molecule has 2 aromatic heterocycles. The molecule has 1 heteroatoms. The van der Waals surface area contributed by atoms with Crippen LogP contribution in [0.5, 0.6) is 0 Å². The van der Waals surface area contributed by atoms with E-state index in [2.05, 4.69) is 316 Å². The van der Waals surface area contributed by atoms with E-state index in [0.29, 0.717) is 0 Å². The molecule has 0 spiro atoms. The summed E-state index contributed by atoms with van der Waals surface area (Å²) in [6.45, 7) is 4.92. The predicted molar refractivity (Wildman–Crippen MR) is 376 cm³/mol. The molecule has 0 amide bonds. The fourth-order valence-corrected chi connectivity index (χ4v) is 16.0. The Morgan fingerprint density at radius 2 is 0.602 bits per heavy atom. The Balaban J connectivity index is 0.760. The van der Waals surface area contributed by atoms with Gasteiger partial charge in [-0.3, -0.25) is 0 Å². The van der Waals surface area contributed by atoms with Crippen LogP contribution in [0.3, 0.4) is 0 Å². The highest BCUT2D eigenvalue weighted by molar-refractivity contribution is 6.32. The summed E-state index contributed by atoms with van der Waals surface area (Å²) in [5, 5.41) is 20.9. The van der Waals surface area contributed by atoms with Crippen LogP contribution in [0.1, 0.15) is 25.0 Å². The molecule has 19 rings (SSSR count). The number of nitrogens with zero attached hydrogens (tertiary/aromatic N) is 1. The summed E-state index contributed by atoms with van der Waals surface area (Å²) in [5.74, 6) is 0. The van der Waals surface area contributed by atoms with E-state index in [9.17, 15) is 0 Å². The van der Waals surface area contributed by atoms with E-state index in [4.69, 9.17) is 0 Å². The van der Waals surface area contributed by atoms with Crippen LogP contribution in [0, 0.1) is 0 Å². The summed E-state index contributed by atoms with van der Waals surface area (Å²) in [7, 11) is 0. The molecule has 1 aliphatic carbocycles. The van der Waals surface area contributed by atoms with Gasteiger partial charge in [-0.15, -0.1) is 0 Å². The quantitative estimate of drug-likeness (QED) is 0.140. The third-order valence-electron chi connectivity index (χ3n) is 20.0. The Labute approximate surface area is 509 Å². The van der Waals surface area contributed by atoms with Gasteiger partial charge in [0.1, 0.15) is 0 Å². The number of benzene rings is 16. The fraction of sp³-hybridized carbons (Fsp3) is 0.0345. The van der Waals surface area contributed by atoms with E-state index < -0.39 is 0 Å². The lowest BCUT2D eigenvalue weighted by Crippen LogP contribution is -2.16. The second-order valence-corrected chi connectivity index (χ2v) is 25.0. The Morgan fingerprint density at radius 1 is 0.216 bits per heavy atom. The Hall–Kier alpha value is -11.1. The van der Waals surface area contributed by atoms with Crippen molar-refractivity contribution in [2.75, 3.05) is 0 Å². The van der Waals surface area contributed by atoms with Crippen molar-refractivity contribution in [3.8, 4) is 77.9 Å². The van der Waals surface area contributed by atoms with Crippen LogP contribution in [0.2, 0.25) is 0 Å². The monoisotopic (exact) mass is 1110 g/mol. The van der Waals surface area contributed by atoms with Crippen LogP contribution in [0.25, 0.3) is 181 Å². The Kier molecular flexibility index (Phi) is 10.3. The smallest absolute Gasteiger partial charge is 0.0621 e. The topological polar surface area (TPSA) is 4.41 Å². The first-order chi connectivity index (χ1) is 43.4. The summed E-state index contributed by atoms with van der Waals surface area (Å²) in [6.07, 6.45) is 0. The van der Waals surface area contributed by atoms with Gasteiger partial charge < -0.3 is 4.40 Å². The maximum atomic E-state index is 2.55. The van der Waals surface area contributed by atoms with E-state index in [-0.39, 0.29) is 5.41 Å². The molecular formula is C87H55N. The summed E-state index contributed by atoms with van der Waals surface area (Å²) >= 11 is 0. The van der Waals surface area contributed by atoms with Gasteiger partial charge in [0.05, 0.1) is 16.6 Å². The van der Waals surface area contributed by atoms with E-state index in [1.807, 2.05) is 0 Å². The molecule has 0 aliphatic heterocycles. The zero-order chi connectivity index (χ0) is 57.9. The van der Waals surface area contributed by atoms with Crippen molar-refractivity contribution in [1.29, 1.82) is 0 Å². The lowest BCUT2D eigenvalue weighted by Gasteiger charge is -2.25. The zero-order valence-electron chi connectivity index (χ0n) is 48.7. The Bertz CT molecular complexity index is 5980. The first-order valence-electron chi connectivity index (χ1n) is 30.9. The molecule has 18 aromatic rings. The van der Waals surface area contributed by atoms with Gasteiger partial charge in [0, 0.05) is 27.0 Å². The largest absolute Gasteiger partial charge is 0.308 e. The third kappa shape index (κ3) is 7.04. The SMILES string of the molecule is CC1(C)c2cccc3c4ccc(-c5cccc(-c6cccc(-c7ccccc7)c6)c5)cc4c4ccc(-c5cccc6c5c5cc(-c7cccc(-c8cccc(-c9ccc%10c%11ccccc%11c%11ccccc%11c%10c9)c8)c7)cc7c8ccccc8n6c75)c1c4c23. The molecule has 1 nitrogen and oxygen atoms in total. The van der Waals surface area contributed by atoms with Crippen molar-refractivity contribution in [3.05, 3.63) is 308 Å². The molecule has 0 saturated carbocycles. The highest BCUT2D eigenvalue weighted by Crippen LogP contribution is 2.56. The van der Waals surface area contributed by atoms with Crippen molar-refractivity contribution in [3.63, 3.8) is 0 Å². The molecule has 0 N–H and O–H groups in total. The molecule has 2 heterocycles. The standard InChI is InChI=1S/C87H55N/c1-87(2)79-35-16-33-71-69-41-39-62(59-26-13-22-55(45-59)54-21-12-20-53(44-54)52-18-4-3-5-19-52)49-76(69)73-42-43-74(85(87)84(73)83(71)79)72-34-17-37-81-82(72)78-51-63(50-77-70-32-10-11-36-80(70)88(81)86(77)78)60-27-15-24-57(47-60)56-23-14-25-58(46-56)61-38-40-68-66-30-7-6-28-64(66)65-29-8-9-31-67(65)75(68)48-61/h3-51H,1-2H3. The van der Waals surface area contributed by atoms with Crippen LogP contribution in [0.4, 0.5) is 0 Å². The first-order valence-corrected chi connectivity index (χ1v) is 30.9. The highest BCUT2D eigenvalue weighted by atomic mass is 14.9. The lowest BCUT2D eigenvalue weighted by molar-refractivity contribution is 0.664. The highest BCUT2D eigenvalue weighted by Gasteiger charge is 2.38. The molecule has 0 saturated heterocycles. The average molecular weight is 1110 g/mol. The van der Waals surface area contributed by atoms with Gasteiger partial charge in [0.15, 0.2) is 0 Å². The van der Waals surface area contributed by atoms with Crippen LogP contribution in [-0.4, -0.2) is 4.40 Å². The van der Waals surface area contributed by atoms with Gasteiger partial charge in [0.25, 0.3) is 0 Å². The molecule has 16 aromatic carbocycles. The van der Waals surface area contributed by atoms with Crippen LogP contribution < -0.4 is 0 Å². The number of aromatic nitrogens is 1. The van der Waals surface area contributed by atoms with Crippen molar-refractivity contribution >= 4 is 103 Å². The van der Waals surface area contributed by atoms with Crippen LogP contribution in [0.15, 0.2) is 297 Å². The van der Waals surface area contributed by atoms with Crippen LogP contribution >= 0.6 is 0 Å². The second kappa shape index (κ2) is 18.4. The minimum atomic E-state index is -0.269. The zero-order valence-corrected chi connectivity index (χ0v) is 48.7. The van der Waals surface area contributed by atoms with Gasteiger partial charge in [-0.1, -0.05) is 250 Å². The number of rotatable bonds is 7. The summed E-state index contributed by atoms with van der Waals surface area (Å²) < 4.78 is 2.55. The van der Waals surface area contributed by atoms with E-state index in [0.717, 1.165) is 0 Å². The second-order valence-electron chi connectivity index (χ2n) is 25.0. The average Bonchev–Trinajstić information content (AvgIpc) is 1.55. The fourth-order valence-electron chi connectivity index (χ4n) is 16.0. The Morgan fingerprint density at radius 3 is 1.20 bits per heavy atom. The van der Waals surface area contributed by atoms with Gasteiger partial charge in [0.2, 0.25) is 0 Å². The number of para-hydroxylation sites is 1. The van der Waals surface area contributed by atoms with Crippen molar-refractivity contribution in [2.45, 2.75) is 19.3 Å². The van der Waals surface area contributed by atoms with E-state index in [1.54, 1.807) is 0 Å². The molecule has 0 atom stereocenters. The molecule has 1 aliphatic rings. The first kappa shape index (κ1) is 49.2. The molecule has 0 radical (unpaired) electrons. The molecular weight excluding hydrogens is 1060 g/mol. The predicted octanol–water partition coefficient (Wildman–Crippen LogP) is 24.1. The summed E-state index contributed by atoms with van der Waals surface area (Å²) in [5.41, 5.74) is 23.4. The maximum absolute atomic E-state index is 2.55. The number of hydrogen-bond acceptors (Lipinski definition) is 0. The summed E-state index contributed by atoms with van der Waals surface area (Å²) in [6, 6.07) is 112. The van der Waals surface area contributed by atoms with Crippen LogP contribution in [-0.2, 0) is 5.41 Å². The lowest BCUT2D eigenvalue weighted by atomic mass is 9.77. The van der Waals surface area contributed by atoms with Crippen molar-refractivity contribution < 1.29 is 0 Å². The van der Waals surface area contributed by atoms with Gasteiger partial charge in [-0.2, -0.15) is 0 Å². The van der Waals surface area contributed by atoms with Gasteiger partial charge in [-0.05, 0) is 214 Å². The van der Waals surface area contributed by atoms with E-state index >= 15 is 0 Å². The maximum Gasteiger partial charge on any atom is 0.0621 e. The van der Waals surface area contributed by atoms with Gasteiger partial charge >= 0.3 is 0 Å².